The highest BCUT2D eigenvalue weighted by Crippen LogP contribution is 2.47. The summed E-state index contributed by atoms with van der Waals surface area (Å²) in [5.41, 5.74) is 0. The van der Waals surface area contributed by atoms with E-state index in [0.29, 0.717) is 4.31 Å². The molecule has 6 nitrogen and oxygen atoms in total. The Morgan fingerprint density at radius 2 is 2.20 bits per heavy atom. The Morgan fingerprint density at radius 3 is 2.40 bits per heavy atom. The fourth-order valence-corrected chi connectivity index (χ4v) is 1.55. The molecule has 1 aliphatic heterocycles. The lowest BCUT2D eigenvalue weighted by molar-refractivity contribution is 0.171. The molecule has 10 heavy (non-hydrogen) atoms. The van der Waals surface area contributed by atoms with Crippen LogP contribution in [0.5, 0.6) is 0 Å². The van der Waals surface area contributed by atoms with Crippen molar-refractivity contribution in [2.75, 3.05) is 13.2 Å². The fraction of sp³-hybridized carbons (Fsp3) is 0.667. The maximum absolute atomic E-state index is 10.2. The Kier molecular flexibility index (Phi) is 1.73. The SMILES string of the molecule is O=C(O)N1CCOS1(O)O. The van der Waals surface area contributed by atoms with Crippen LogP contribution in [0.15, 0.2) is 0 Å². The molecule has 0 aliphatic carbocycles. The van der Waals surface area contributed by atoms with Gasteiger partial charge in [-0.2, -0.15) is 0 Å². The molecule has 1 fully saturated rings. The zero-order valence-corrected chi connectivity index (χ0v) is 5.74. The summed E-state index contributed by atoms with van der Waals surface area (Å²) in [6.45, 7) is 0.0479. The van der Waals surface area contributed by atoms with E-state index in [0.717, 1.165) is 0 Å². The highest BCUT2D eigenvalue weighted by molar-refractivity contribution is 8.18. The van der Waals surface area contributed by atoms with Gasteiger partial charge < -0.3 is 5.11 Å². The van der Waals surface area contributed by atoms with Crippen molar-refractivity contribution in [1.82, 2.24) is 4.31 Å². The van der Waals surface area contributed by atoms with Crippen molar-refractivity contribution >= 4 is 17.1 Å². The van der Waals surface area contributed by atoms with E-state index in [1.165, 1.54) is 0 Å². The van der Waals surface area contributed by atoms with Gasteiger partial charge in [-0.3, -0.25) is 13.3 Å². The summed E-state index contributed by atoms with van der Waals surface area (Å²) in [6, 6.07) is 0. The number of hydrogen-bond donors (Lipinski definition) is 3. The molecule has 1 saturated heterocycles. The van der Waals surface area contributed by atoms with Crippen molar-refractivity contribution in [3.05, 3.63) is 0 Å². The molecule has 0 atom stereocenters. The van der Waals surface area contributed by atoms with Crippen molar-refractivity contribution in [3.8, 4) is 0 Å². The minimum Gasteiger partial charge on any atom is -0.464 e. The highest BCUT2D eigenvalue weighted by Gasteiger charge is 2.37. The molecule has 60 valence electrons. The zero-order valence-electron chi connectivity index (χ0n) is 4.93. The first-order valence-corrected chi connectivity index (χ1v) is 3.90. The lowest BCUT2D eigenvalue weighted by atomic mass is 10.7. The lowest BCUT2D eigenvalue weighted by Crippen LogP contribution is -2.27. The molecule has 1 rings (SSSR count). The standard InChI is InChI=1S/C3H7NO5S/c5-3(6)4-1-2-9-10(4,7)8/h7-8H,1-2H2,(H,5,6). The van der Waals surface area contributed by atoms with Gasteiger partial charge in [-0.25, -0.2) is 9.10 Å². The van der Waals surface area contributed by atoms with Gasteiger partial charge in [-0.05, 0) is 0 Å². The van der Waals surface area contributed by atoms with Crippen LogP contribution in [0.4, 0.5) is 4.79 Å². The van der Waals surface area contributed by atoms with Crippen LogP contribution in [0.3, 0.4) is 0 Å². The van der Waals surface area contributed by atoms with E-state index in [9.17, 15) is 4.79 Å². The van der Waals surface area contributed by atoms with E-state index in [4.69, 9.17) is 14.2 Å². The summed E-state index contributed by atoms with van der Waals surface area (Å²) in [4.78, 5) is 10.2. The molecule has 0 aromatic heterocycles. The Labute approximate surface area is 58.7 Å². The van der Waals surface area contributed by atoms with Gasteiger partial charge in [-0.15, -0.1) is 0 Å². The predicted molar refractivity (Wildman–Crippen MR) is 33.5 cm³/mol. The highest BCUT2D eigenvalue weighted by atomic mass is 32.3. The summed E-state index contributed by atoms with van der Waals surface area (Å²) in [7, 11) is 0. The second-order valence-corrected chi connectivity index (χ2v) is 3.29. The van der Waals surface area contributed by atoms with Gasteiger partial charge in [-0.1, -0.05) is 0 Å². The molecule has 3 N–H and O–H groups in total. The molecular formula is C3H7NO5S. The lowest BCUT2D eigenvalue weighted by Gasteiger charge is -2.26. The topological polar surface area (TPSA) is 90.2 Å². The number of carboxylic acid groups (broad SMARTS) is 1. The first kappa shape index (κ1) is 7.61. The number of nitrogens with zero attached hydrogens (tertiary/aromatic N) is 1. The van der Waals surface area contributed by atoms with Crippen molar-refractivity contribution in [1.29, 1.82) is 0 Å². The summed E-state index contributed by atoms with van der Waals surface area (Å²) >= 11 is -3.45. The van der Waals surface area contributed by atoms with Crippen molar-refractivity contribution in [2.45, 2.75) is 0 Å². The Hall–Kier alpha value is -0.500. The van der Waals surface area contributed by atoms with Gasteiger partial charge in [0.15, 0.2) is 11.1 Å². The molecular weight excluding hydrogens is 162 g/mol. The molecule has 0 aromatic carbocycles. The summed E-state index contributed by atoms with van der Waals surface area (Å²) in [5.74, 6) is 0. The fourth-order valence-electron chi connectivity index (χ4n) is 0.612. The summed E-state index contributed by atoms with van der Waals surface area (Å²) < 4.78 is 22.4. The van der Waals surface area contributed by atoms with E-state index in [2.05, 4.69) is 4.18 Å². The molecule has 1 amide bonds. The number of carbonyl (C=O) groups is 1. The molecule has 1 heterocycles. The van der Waals surface area contributed by atoms with Gasteiger partial charge >= 0.3 is 6.09 Å². The Morgan fingerprint density at radius 1 is 1.60 bits per heavy atom. The van der Waals surface area contributed by atoms with Crippen LogP contribution in [0.2, 0.25) is 0 Å². The number of rotatable bonds is 0. The van der Waals surface area contributed by atoms with Crippen LogP contribution in [0.25, 0.3) is 0 Å². The van der Waals surface area contributed by atoms with Crippen molar-refractivity contribution < 1.29 is 23.2 Å². The Bertz CT molecular complexity index is 159. The van der Waals surface area contributed by atoms with Crippen LogP contribution in [-0.2, 0) is 4.18 Å². The first-order valence-electron chi connectivity index (χ1n) is 2.47. The van der Waals surface area contributed by atoms with Crippen LogP contribution in [0, 0.1) is 0 Å². The van der Waals surface area contributed by atoms with Gasteiger partial charge in [0.05, 0.1) is 13.2 Å². The molecule has 7 heteroatoms. The summed E-state index contributed by atoms with van der Waals surface area (Å²) in [6.07, 6.45) is -1.38. The zero-order chi connectivity index (χ0) is 7.78. The van der Waals surface area contributed by atoms with Crippen molar-refractivity contribution in [3.63, 3.8) is 0 Å². The van der Waals surface area contributed by atoms with E-state index in [-0.39, 0.29) is 13.2 Å². The van der Waals surface area contributed by atoms with E-state index in [1.54, 1.807) is 0 Å². The minimum absolute atomic E-state index is 0.0116. The average molecular weight is 169 g/mol. The minimum atomic E-state index is -3.45. The predicted octanol–water partition coefficient (Wildman–Crippen LogP) is 0.577. The van der Waals surface area contributed by atoms with Crippen LogP contribution in [0.1, 0.15) is 0 Å². The van der Waals surface area contributed by atoms with Crippen molar-refractivity contribution in [2.24, 2.45) is 0 Å². The van der Waals surface area contributed by atoms with Crippen LogP contribution >= 0.6 is 11.1 Å². The van der Waals surface area contributed by atoms with Gasteiger partial charge in [0.2, 0.25) is 0 Å². The first-order chi connectivity index (χ1) is 4.54. The maximum atomic E-state index is 10.2. The third kappa shape index (κ3) is 1.16. The summed E-state index contributed by atoms with van der Waals surface area (Å²) in [5, 5.41) is 8.30. The maximum Gasteiger partial charge on any atom is 0.421 e. The molecule has 0 saturated carbocycles. The smallest absolute Gasteiger partial charge is 0.421 e. The van der Waals surface area contributed by atoms with Gasteiger partial charge in [0.1, 0.15) is 0 Å². The third-order valence-corrected chi connectivity index (χ3v) is 2.43. The molecule has 0 bridgehead atoms. The third-order valence-electron chi connectivity index (χ3n) is 1.04. The Balaban J connectivity index is 2.68. The molecule has 0 spiro atoms. The van der Waals surface area contributed by atoms with Crippen LogP contribution < -0.4 is 0 Å². The van der Waals surface area contributed by atoms with Gasteiger partial charge in [0.25, 0.3) is 0 Å². The van der Waals surface area contributed by atoms with Gasteiger partial charge in [0, 0.05) is 0 Å². The monoisotopic (exact) mass is 169 g/mol. The van der Waals surface area contributed by atoms with E-state index < -0.39 is 17.1 Å². The van der Waals surface area contributed by atoms with E-state index >= 15 is 0 Å². The normalized spacial score (nSPS) is 26.4. The molecule has 0 radical (unpaired) electrons. The quantitative estimate of drug-likeness (QED) is 0.493. The van der Waals surface area contributed by atoms with E-state index in [1.807, 2.05) is 0 Å². The average Bonchev–Trinajstić information content (AvgIpc) is 2.08. The van der Waals surface area contributed by atoms with Crippen LogP contribution in [-0.4, -0.2) is 37.8 Å². The molecule has 0 unspecified atom stereocenters. The second kappa shape index (κ2) is 2.27. The number of amides is 1. The molecule has 1 aliphatic rings. The largest absolute Gasteiger partial charge is 0.464 e. The second-order valence-electron chi connectivity index (χ2n) is 1.68. The number of hydrogen-bond acceptors (Lipinski definition) is 4. The molecule has 0 aromatic rings.